The van der Waals surface area contributed by atoms with Gasteiger partial charge in [0.15, 0.2) is 11.5 Å². The van der Waals surface area contributed by atoms with Gasteiger partial charge in [-0.15, -0.1) is 12.4 Å². The van der Waals surface area contributed by atoms with E-state index >= 15 is 0 Å². The molecule has 1 saturated heterocycles. The molecule has 0 spiro atoms. The average Bonchev–Trinajstić information content (AvgIpc) is 3.08. The Morgan fingerprint density at radius 2 is 2.00 bits per heavy atom. The van der Waals surface area contributed by atoms with Gasteiger partial charge in [-0.2, -0.15) is 0 Å². The van der Waals surface area contributed by atoms with Crippen LogP contribution in [0, 0.1) is 0 Å². The number of nitrogens with one attached hydrogen (secondary N) is 1. The van der Waals surface area contributed by atoms with Crippen LogP contribution in [0.3, 0.4) is 0 Å². The smallest absolute Gasteiger partial charge is 0.254 e. The number of carbonyl (C=O) groups is 1. The van der Waals surface area contributed by atoms with E-state index in [2.05, 4.69) is 12.2 Å². The molecule has 1 aromatic carbocycles. The largest absolute Gasteiger partial charge is 0.493 e. The van der Waals surface area contributed by atoms with E-state index in [9.17, 15) is 4.79 Å². The number of nitrogens with zero attached hydrogens (tertiary/aromatic N) is 1. The highest BCUT2D eigenvalue weighted by Gasteiger charge is 2.25. The van der Waals surface area contributed by atoms with Gasteiger partial charge in [0.25, 0.3) is 5.91 Å². The van der Waals surface area contributed by atoms with E-state index in [-0.39, 0.29) is 30.5 Å². The number of rotatable bonds is 4. The van der Waals surface area contributed by atoms with Gasteiger partial charge in [0, 0.05) is 31.2 Å². The molecule has 134 valence electrons. The minimum Gasteiger partial charge on any atom is -0.493 e. The summed E-state index contributed by atoms with van der Waals surface area (Å²) in [5, 5.41) is 3.30. The standard InChI is InChI=1S/C18H26N2O3.ClH/c1-13-12-19-9-10-20(13)18(21)14-7-8-16(17(11-14)22-2)23-15-5-3-4-6-15;/h7-8,11,13,15,19H,3-6,9-10,12H2,1-2H3;1H/t13-;/m1./s1. The molecule has 0 aromatic heterocycles. The van der Waals surface area contributed by atoms with Crippen molar-refractivity contribution in [3.05, 3.63) is 23.8 Å². The summed E-state index contributed by atoms with van der Waals surface area (Å²) in [6, 6.07) is 5.74. The maximum absolute atomic E-state index is 12.7. The van der Waals surface area contributed by atoms with Gasteiger partial charge in [-0.3, -0.25) is 4.79 Å². The first-order valence-corrected chi connectivity index (χ1v) is 8.55. The number of hydrogen-bond acceptors (Lipinski definition) is 4. The van der Waals surface area contributed by atoms with Gasteiger partial charge in [0.2, 0.25) is 0 Å². The highest BCUT2D eigenvalue weighted by atomic mass is 35.5. The zero-order chi connectivity index (χ0) is 16.2. The Morgan fingerprint density at radius 1 is 1.25 bits per heavy atom. The SMILES string of the molecule is COc1cc(C(=O)N2CCNC[C@H]2C)ccc1OC1CCCC1.Cl. The van der Waals surface area contributed by atoms with Crippen LogP contribution < -0.4 is 14.8 Å². The molecule has 1 aliphatic heterocycles. The lowest BCUT2D eigenvalue weighted by Crippen LogP contribution is -2.52. The lowest BCUT2D eigenvalue weighted by Gasteiger charge is -2.34. The van der Waals surface area contributed by atoms with Crippen LogP contribution in [0.2, 0.25) is 0 Å². The lowest BCUT2D eigenvalue weighted by atomic mass is 10.1. The van der Waals surface area contributed by atoms with E-state index in [1.54, 1.807) is 13.2 Å². The quantitative estimate of drug-likeness (QED) is 0.903. The topological polar surface area (TPSA) is 50.8 Å². The Labute approximate surface area is 150 Å². The third-order valence-corrected chi connectivity index (χ3v) is 4.77. The first kappa shape index (κ1) is 18.9. The second-order valence-corrected chi connectivity index (χ2v) is 6.44. The van der Waals surface area contributed by atoms with Crippen molar-refractivity contribution in [1.82, 2.24) is 10.2 Å². The van der Waals surface area contributed by atoms with Gasteiger partial charge in [0.05, 0.1) is 13.2 Å². The predicted molar refractivity (Wildman–Crippen MR) is 96.5 cm³/mol. The van der Waals surface area contributed by atoms with E-state index in [1.165, 1.54) is 12.8 Å². The molecule has 24 heavy (non-hydrogen) atoms. The van der Waals surface area contributed by atoms with Crippen LogP contribution >= 0.6 is 12.4 Å². The number of piperazine rings is 1. The third kappa shape index (κ3) is 4.14. The number of amides is 1. The Balaban J connectivity index is 0.00000208. The van der Waals surface area contributed by atoms with Gasteiger partial charge >= 0.3 is 0 Å². The van der Waals surface area contributed by atoms with Crippen molar-refractivity contribution in [3.8, 4) is 11.5 Å². The van der Waals surface area contributed by atoms with Crippen LogP contribution in [0.1, 0.15) is 43.0 Å². The summed E-state index contributed by atoms with van der Waals surface area (Å²) in [6.45, 7) is 4.49. The summed E-state index contributed by atoms with van der Waals surface area (Å²) in [5.74, 6) is 1.44. The molecule has 1 aromatic rings. The van der Waals surface area contributed by atoms with E-state index < -0.39 is 0 Å². The van der Waals surface area contributed by atoms with Crippen molar-refractivity contribution in [3.63, 3.8) is 0 Å². The maximum Gasteiger partial charge on any atom is 0.254 e. The van der Waals surface area contributed by atoms with Crippen molar-refractivity contribution in [2.75, 3.05) is 26.7 Å². The fraction of sp³-hybridized carbons (Fsp3) is 0.611. The lowest BCUT2D eigenvalue weighted by molar-refractivity contribution is 0.0655. The zero-order valence-corrected chi connectivity index (χ0v) is 15.2. The van der Waals surface area contributed by atoms with Gasteiger partial charge in [0.1, 0.15) is 0 Å². The van der Waals surface area contributed by atoms with Gasteiger partial charge in [-0.25, -0.2) is 0 Å². The zero-order valence-electron chi connectivity index (χ0n) is 14.4. The first-order chi connectivity index (χ1) is 11.2. The number of carbonyl (C=O) groups excluding carboxylic acids is 1. The summed E-state index contributed by atoms with van der Waals surface area (Å²) in [5.41, 5.74) is 0.661. The molecule has 2 fully saturated rings. The average molecular weight is 355 g/mol. The molecule has 0 unspecified atom stereocenters. The van der Waals surface area contributed by atoms with Crippen molar-refractivity contribution >= 4 is 18.3 Å². The van der Waals surface area contributed by atoms with E-state index in [0.717, 1.165) is 38.2 Å². The third-order valence-electron chi connectivity index (χ3n) is 4.77. The number of benzene rings is 1. The van der Waals surface area contributed by atoms with Crippen molar-refractivity contribution in [2.24, 2.45) is 0 Å². The molecule has 2 aliphatic rings. The molecule has 6 heteroatoms. The molecule has 1 N–H and O–H groups in total. The van der Waals surface area contributed by atoms with Crippen LogP contribution in [0.5, 0.6) is 11.5 Å². The summed E-state index contributed by atoms with van der Waals surface area (Å²) >= 11 is 0. The second-order valence-electron chi connectivity index (χ2n) is 6.44. The van der Waals surface area contributed by atoms with Gasteiger partial charge in [-0.1, -0.05) is 0 Å². The van der Waals surface area contributed by atoms with Gasteiger partial charge < -0.3 is 19.7 Å². The highest BCUT2D eigenvalue weighted by Crippen LogP contribution is 2.32. The molecular weight excluding hydrogens is 328 g/mol. The fourth-order valence-corrected chi connectivity index (χ4v) is 3.39. The Kier molecular flexibility index (Phi) is 6.75. The number of ether oxygens (including phenoxy) is 2. The molecule has 5 nitrogen and oxygen atoms in total. The second kappa shape index (κ2) is 8.58. The van der Waals surface area contributed by atoms with Crippen molar-refractivity contribution in [2.45, 2.75) is 44.8 Å². The maximum atomic E-state index is 12.7. The van der Waals surface area contributed by atoms with Crippen LogP contribution in [-0.4, -0.2) is 49.7 Å². The number of methoxy groups -OCH3 is 1. The normalized spacial score (nSPS) is 21.2. The molecule has 3 rings (SSSR count). The monoisotopic (exact) mass is 354 g/mol. The van der Waals surface area contributed by atoms with Crippen molar-refractivity contribution < 1.29 is 14.3 Å². The van der Waals surface area contributed by atoms with E-state index in [0.29, 0.717) is 11.3 Å². The summed E-state index contributed by atoms with van der Waals surface area (Å²) in [4.78, 5) is 14.7. The van der Waals surface area contributed by atoms with E-state index in [4.69, 9.17) is 9.47 Å². The van der Waals surface area contributed by atoms with E-state index in [1.807, 2.05) is 17.0 Å². The molecular formula is C18H27ClN2O3. The Bertz CT molecular complexity index is 561. The number of halogens is 1. The summed E-state index contributed by atoms with van der Waals surface area (Å²) in [7, 11) is 1.62. The summed E-state index contributed by atoms with van der Waals surface area (Å²) in [6.07, 6.45) is 4.93. The van der Waals surface area contributed by atoms with Crippen LogP contribution in [0.4, 0.5) is 0 Å². The Hall–Kier alpha value is -1.46. The molecule has 1 amide bonds. The van der Waals surface area contributed by atoms with Crippen molar-refractivity contribution in [1.29, 1.82) is 0 Å². The molecule has 1 saturated carbocycles. The predicted octanol–water partition coefficient (Wildman–Crippen LogP) is 2.87. The molecule has 0 radical (unpaired) electrons. The van der Waals surface area contributed by atoms with Crippen LogP contribution in [0.25, 0.3) is 0 Å². The van der Waals surface area contributed by atoms with Crippen LogP contribution in [0.15, 0.2) is 18.2 Å². The van der Waals surface area contributed by atoms with Crippen LogP contribution in [-0.2, 0) is 0 Å². The molecule has 0 bridgehead atoms. The van der Waals surface area contributed by atoms with Gasteiger partial charge in [-0.05, 0) is 50.8 Å². The highest BCUT2D eigenvalue weighted by molar-refractivity contribution is 5.95. The number of hydrogen-bond donors (Lipinski definition) is 1. The molecule has 1 heterocycles. The molecule has 1 aliphatic carbocycles. The minimum atomic E-state index is 0. The summed E-state index contributed by atoms with van der Waals surface area (Å²) < 4.78 is 11.5. The first-order valence-electron chi connectivity index (χ1n) is 8.55. The fourth-order valence-electron chi connectivity index (χ4n) is 3.39. The Morgan fingerprint density at radius 3 is 2.67 bits per heavy atom. The minimum absolute atomic E-state index is 0. The molecule has 1 atom stereocenters.